The van der Waals surface area contributed by atoms with E-state index in [4.69, 9.17) is 0 Å². The fourth-order valence-corrected chi connectivity index (χ4v) is 3.03. The number of rotatable bonds is 3. The first kappa shape index (κ1) is 16.0. The van der Waals surface area contributed by atoms with Crippen LogP contribution in [0.5, 0.6) is 0 Å². The van der Waals surface area contributed by atoms with E-state index in [-0.39, 0.29) is 11.4 Å². The third kappa shape index (κ3) is 2.71. The summed E-state index contributed by atoms with van der Waals surface area (Å²) in [4.78, 5) is 20.2. The molecule has 2 heterocycles. The Hall–Kier alpha value is -3.54. The highest BCUT2D eigenvalue weighted by Crippen LogP contribution is 2.32. The standard InChI is InChI=1S/C20H14FN3O2/c1-11-7-16-17-10-22-6-5-14(17)19(23-13-4-2-3-12(21)8-13)24-18(16)9-15(11)20(25)26/h2-10H,1H3,(H,23,24)(H,25,26). The minimum Gasteiger partial charge on any atom is -0.478 e. The van der Waals surface area contributed by atoms with Gasteiger partial charge < -0.3 is 10.4 Å². The minimum absolute atomic E-state index is 0.199. The number of anilines is 2. The average Bonchev–Trinajstić information content (AvgIpc) is 2.62. The molecule has 0 aliphatic heterocycles. The summed E-state index contributed by atoms with van der Waals surface area (Å²) in [5.74, 6) is -0.844. The number of benzene rings is 2. The number of pyridine rings is 2. The molecule has 128 valence electrons. The summed E-state index contributed by atoms with van der Waals surface area (Å²) in [7, 11) is 0. The number of nitrogens with one attached hydrogen (secondary N) is 1. The van der Waals surface area contributed by atoms with E-state index < -0.39 is 5.97 Å². The third-order valence-electron chi connectivity index (χ3n) is 4.26. The maximum atomic E-state index is 13.5. The van der Waals surface area contributed by atoms with Crippen molar-refractivity contribution in [1.82, 2.24) is 9.97 Å². The quantitative estimate of drug-likeness (QED) is 0.527. The lowest BCUT2D eigenvalue weighted by atomic mass is 10.0. The van der Waals surface area contributed by atoms with Crippen LogP contribution in [0.1, 0.15) is 15.9 Å². The number of hydrogen-bond donors (Lipinski definition) is 2. The van der Waals surface area contributed by atoms with Crippen LogP contribution in [0.4, 0.5) is 15.9 Å². The lowest BCUT2D eigenvalue weighted by Gasteiger charge is -2.13. The van der Waals surface area contributed by atoms with Crippen molar-refractivity contribution in [3.05, 3.63) is 71.8 Å². The van der Waals surface area contributed by atoms with Gasteiger partial charge in [0.1, 0.15) is 11.6 Å². The van der Waals surface area contributed by atoms with Gasteiger partial charge in [-0.1, -0.05) is 6.07 Å². The van der Waals surface area contributed by atoms with E-state index in [1.165, 1.54) is 12.1 Å². The average molecular weight is 347 g/mol. The number of carbonyl (C=O) groups is 1. The van der Waals surface area contributed by atoms with Crippen LogP contribution in [0.3, 0.4) is 0 Å². The van der Waals surface area contributed by atoms with Crippen LogP contribution in [-0.2, 0) is 0 Å². The topological polar surface area (TPSA) is 75.1 Å². The van der Waals surface area contributed by atoms with Crippen LogP contribution in [0.25, 0.3) is 21.7 Å². The van der Waals surface area contributed by atoms with Gasteiger partial charge in [-0.05, 0) is 48.9 Å². The molecular weight excluding hydrogens is 333 g/mol. The van der Waals surface area contributed by atoms with E-state index in [2.05, 4.69) is 15.3 Å². The zero-order chi connectivity index (χ0) is 18.3. The summed E-state index contributed by atoms with van der Waals surface area (Å²) >= 11 is 0. The van der Waals surface area contributed by atoms with E-state index >= 15 is 0 Å². The molecule has 0 saturated heterocycles. The van der Waals surface area contributed by atoms with Gasteiger partial charge >= 0.3 is 5.97 Å². The van der Waals surface area contributed by atoms with Crippen molar-refractivity contribution in [2.75, 3.05) is 5.32 Å². The summed E-state index contributed by atoms with van der Waals surface area (Å²) < 4.78 is 13.5. The summed E-state index contributed by atoms with van der Waals surface area (Å²) in [5, 5.41) is 15.0. The lowest BCUT2D eigenvalue weighted by molar-refractivity contribution is 0.0696. The van der Waals surface area contributed by atoms with Crippen molar-refractivity contribution in [3.63, 3.8) is 0 Å². The number of halogens is 1. The van der Waals surface area contributed by atoms with Crippen LogP contribution in [0, 0.1) is 12.7 Å². The van der Waals surface area contributed by atoms with E-state index in [0.29, 0.717) is 22.6 Å². The smallest absolute Gasteiger partial charge is 0.336 e. The van der Waals surface area contributed by atoms with Gasteiger partial charge in [0.25, 0.3) is 0 Å². The van der Waals surface area contributed by atoms with Gasteiger partial charge in [-0.3, -0.25) is 4.98 Å². The van der Waals surface area contributed by atoms with Crippen molar-refractivity contribution in [2.45, 2.75) is 6.92 Å². The van der Waals surface area contributed by atoms with Crippen molar-refractivity contribution in [2.24, 2.45) is 0 Å². The molecular formula is C20H14FN3O2. The van der Waals surface area contributed by atoms with Gasteiger partial charge in [-0.25, -0.2) is 14.2 Å². The van der Waals surface area contributed by atoms with Crippen LogP contribution >= 0.6 is 0 Å². The van der Waals surface area contributed by atoms with Gasteiger partial charge in [0.15, 0.2) is 0 Å². The van der Waals surface area contributed by atoms with Gasteiger partial charge in [-0.2, -0.15) is 0 Å². The largest absolute Gasteiger partial charge is 0.478 e. The minimum atomic E-state index is -1.00. The SMILES string of the molecule is Cc1cc2c(cc1C(=O)O)nc(Nc1cccc(F)c1)c1ccncc12. The maximum absolute atomic E-state index is 13.5. The molecule has 0 spiro atoms. The molecule has 26 heavy (non-hydrogen) atoms. The zero-order valence-corrected chi connectivity index (χ0v) is 13.8. The van der Waals surface area contributed by atoms with E-state index in [1.54, 1.807) is 37.5 Å². The molecule has 0 unspecified atom stereocenters. The Morgan fingerprint density at radius 3 is 2.73 bits per heavy atom. The molecule has 2 aromatic carbocycles. The van der Waals surface area contributed by atoms with Crippen LogP contribution in [0.2, 0.25) is 0 Å². The van der Waals surface area contributed by atoms with Gasteiger partial charge in [0.2, 0.25) is 0 Å². The molecule has 2 aromatic heterocycles. The fourth-order valence-electron chi connectivity index (χ4n) is 3.03. The Kier molecular flexibility index (Phi) is 3.73. The number of carboxylic acids is 1. The molecule has 0 aliphatic rings. The van der Waals surface area contributed by atoms with Crippen molar-refractivity contribution >= 4 is 39.1 Å². The molecule has 0 bridgehead atoms. The fraction of sp³-hybridized carbons (Fsp3) is 0.0500. The molecule has 0 aliphatic carbocycles. The summed E-state index contributed by atoms with van der Waals surface area (Å²) in [6, 6.07) is 11.3. The molecule has 5 nitrogen and oxygen atoms in total. The first-order valence-electron chi connectivity index (χ1n) is 7.97. The Morgan fingerprint density at radius 1 is 1.12 bits per heavy atom. The summed E-state index contributed by atoms with van der Waals surface area (Å²) in [6.45, 7) is 1.75. The van der Waals surface area contributed by atoms with E-state index in [9.17, 15) is 14.3 Å². The number of fused-ring (bicyclic) bond motifs is 3. The normalized spacial score (nSPS) is 11.0. The summed E-state index contributed by atoms with van der Waals surface area (Å²) in [6.07, 6.45) is 3.38. The first-order valence-corrected chi connectivity index (χ1v) is 7.97. The Labute approximate surface area is 148 Å². The first-order chi connectivity index (χ1) is 12.5. The number of aromatic carboxylic acids is 1. The summed E-state index contributed by atoms with van der Waals surface area (Å²) in [5.41, 5.74) is 1.95. The lowest BCUT2D eigenvalue weighted by Crippen LogP contribution is -2.02. The number of aromatic nitrogens is 2. The van der Waals surface area contributed by atoms with Gasteiger partial charge in [0.05, 0.1) is 11.1 Å². The number of nitrogens with zero attached hydrogens (tertiary/aromatic N) is 2. The highest BCUT2D eigenvalue weighted by molar-refractivity contribution is 6.11. The molecule has 6 heteroatoms. The van der Waals surface area contributed by atoms with Crippen molar-refractivity contribution < 1.29 is 14.3 Å². The van der Waals surface area contributed by atoms with E-state index in [1.807, 2.05) is 12.1 Å². The number of carboxylic acid groups (broad SMARTS) is 1. The highest BCUT2D eigenvalue weighted by atomic mass is 19.1. The van der Waals surface area contributed by atoms with Crippen LogP contribution in [-0.4, -0.2) is 21.0 Å². The van der Waals surface area contributed by atoms with Crippen LogP contribution < -0.4 is 5.32 Å². The molecule has 4 rings (SSSR count). The maximum Gasteiger partial charge on any atom is 0.336 e. The predicted molar refractivity (Wildman–Crippen MR) is 98.4 cm³/mol. The molecule has 0 radical (unpaired) electrons. The Balaban J connectivity index is 1.99. The number of hydrogen-bond acceptors (Lipinski definition) is 4. The van der Waals surface area contributed by atoms with Gasteiger partial charge in [0, 0.05) is 34.2 Å². The molecule has 0 saturated carbocycles. The van der Waals surface area contributed by atoms with Gasteiger partial charge in [-0.15, -0.1) is 0 Å². The second-order valence-electron chi connectivity index (χ2n) is 6.01. The molecule has 4 aromatic rings. The second kappa shape index (κ2) is 6.07. The van der Waals surface area contributed by atoms with Crippen molar-refractivity contribution in [1.29, 1.82) is 0 Å². The molecule has 0 atom stereocenters. The number of aryl methyl sites for hydroxylation is 1. The third-order valence-corrected chi connectivity index (χ3v) is 4.26. The second-order valence-corrected chi connectivity index (χ2v) is 6.01. The highest BCUT2D eigenvalue weighted by Gasteiger charge is 2.14. The molecule has 0 amide bonds. The monoisotopic (exact) mass is 347 g/mol. The van der Waals surface area contributed by atoms with Crippen LogP contribution in [0.15, 0.2) is 54.9 Å². The molecule has 2 N–H and O–H groups in total. The molecule has 0 fully saturated rings. The predicted octanol–water partition coefficient (Wildman–Crippen LogP) is 4.67. The Morgan fingerprint density at radius 2 is 1.96 bits per heavy atom. The Bertz CT molecular complexity index is 1170. The van der Waals surface area contributed by atoms with E-state index in [0.717, 1.165) is 16.2 Å². The van der Waals surface area contributed by atoms with Crippen molar-refractivity contribution in [3.8, 4) is 0 Å². The zero-order valence-electron chi connectivity index (χ0n) is 13.8.